The standard InChI is InChI=1S/C9H13N7O/c1-6(2)11-9(17)5-10-7-3-4-8-12-14-15-16(8)13-7/h3-4,6H,5H2,1-2H3,(H,10,13)(H,11,17). The molecule has 0 bridgehead atoms. The minimum Gasteiger partial charge on any atom is -0.360 e. The number of carbonyl (C=O) groups excluding carboxylic acids is 1. The lowest BCUT2D eigenvalue weighted by Gasteiger charge is -2.09. The molecular formula is C9H13N7O. The molecule has 0 aromatic carbocycles. The summed E-state index contributed by atoms with van der Waals surface area (Å²) in [6.07, 6.45) is 0. The zero-order chi connectivity index (χ0) is 12.3. The van der Waals surface area contributed by atoms with Crippen LogP contribution in [0.3, 0.4) is 0 Å². The maximum Gasteiger partial charge on any atom is 0.239 e. The molecule has 90 valence electrons. The average molecular weight is 235 g/mol. The number of rotatable bonds is 4. The van der Waals surface area contributed by atoms with Gasteiger partial charge in [0.15, 0.2) is 5.65 Å². The highest BCUT2D eigenvalue weighted by Gasteiger charge is 2.04. The Morgan fingerprint density at radius 3 is 3.06 bits per heavy atom. The Morgan fingerprint density at radius 1 is 1.47 bits per heavy atom. The maximum atomic E-state index is 11.4. The third-order valence-corrected chi connectivity index (χ3v) is 1.95. The van der Waals surface area contributed by atoms with Gasteiger partial charge in [-0.3, -0.25) is 4.79 Å². The lowest BCUT2D eigenvalue weighted by molar-refractivity contribution is -0.119. The van der Waals surface area contributed by atoms with E-state index in [9.17, 15) is 4.79 Å². The topological polar surface area (TPSA) is 97.1 Å². The number of nitrogens with zero attached hydrogens (tertiary/aromatic N) is 5. The van der Waals surface area contributed by atoms with Crippen molar-refractivity contribution in [3.63, 3.8) is 0 Å². The molecule has 0 fully saturated rings. The van der Waals surface area contributed by atoms with Crippen LogP contribution in [0.15, 0.2) is 12.1 Å². The molecule has 2 aromatic heterocycles. The molecule has 1 amide bonds. The molecule has 8 nitrogen and oxygen atoms in total. The second kappa shape index (κ2) is 4.73. The van der Waals surface area contributed by atoms with Crippen molar-refractivity contribution in [1.29, 1.82) is 0 Å². The molecule has 2 N–H and O–H groups in total. The van der Waals surface area contributed by atoms with Gasteiger partial charge in [-0.2, -0.15) is 0 Å². The molecule has 0 aliphatic heterocycles. The van der Waals surface area contributed by atoms with Crippen molar-refractivity contribution < 1.29 is 4.79 Å². The summed E-state index contributed by atoms with van der Waals surface area (Å²) in [6.45, 7) is 3.98. The van der Waals surface area contributed by atoms with Crippen molar-refractivity contribution in [3.05, 3.63) is 12.1 Å². The van der Waals surface area contributed by atoms with Crippen molar-refractivity contribution in [2.75, 3.05) is 11.9 Å². The molecule has 0 saturated heterocycles. The Labute approximate surface area is 97.4 Å². The summed E-state index contributed by atoms with van der Waals surface area (Å²) in [5.41, 5.74) is 0.558. The smallest absolute Gasteiger partial charge is 0.239 e. The van der Waals surface area contributed by atoms with Crippen LogP contribution >= 0.6 is 0 Å². The predicted molar refractivity (Wildman–Crippen MR) is 60.3 cm³/mol. The molecule has 0 aliphatic rings. The largest absolute Gasteiger partial charge is 0.360 e. The number of fused-ring (bicyclic) bond motifs is 1. The van der Waals surface area contributed by atoms with E-state index in [1.807, 2.05) is 13.8 Å². The van der Waals surface area contributed by atoms with E-state index in [-0.39, 0.29) is 18.5 Å². The van der Waals surface area contributed by atoms with Gasteiger partial charge in [-0.25, -0.2) is 0 Å². The van der Waals surface area contributed by atoms with E-state index in [2.05, 4.69) is 31.3 Å². The highest BCUT2D eigenvalue weighted by atomic mass is 16.1. The third kappa shape index (κ3) is 2.86. The lowest BCUT2D eigenvalue weighted by Crippen LogP contribution is -2.35. The summed E-state index contributed by atoms with van der Waals surface area (Å²) in [4.78, 5) is 11.4. The van der Waals surface area contributed by atoms with Crippen LogP contribution in [-0.4, -0.2) is 43.7 Å². The fourth-order valence-electron chi connectivity index (χ4n) is 1.29. The van der Waals surface area contributed by atoms with Gasteiger partial charge in [0.25, 0.3) is 0 Å². The van der Waals surface area contributed by atoms with Gasteiger partial charge in [0.1, 0.15) is 5.82 Å². The number of nitrogens with one attached hydrogen (secondary N) is 2. The molecule has 17 heavy (non-hydrogen) atoms. The van der Waals surface area contributed by atoms with Gasteiger partial charge >= 0.3 is 0 Å². The quantitative estimate of drug-likeness (QED) is 0.738. The first-order valence-corrected chi connectivity index (χ1v) is 5.24. The van der Waals surface area contributed by atoms with Gasteiger partial charge in [0.05, 0.1) is 6.54 Å². The van der Waals surface area contributed by atoms with Crippen LogP contribution < -0.4 is 10.6 Å². The van der Waals surface area contributed by atoms with E-state index < -0.39 is 0 Å². The molecule has 2 rings (SSSR count). The summed E-state index contributed by atoms with van der Waals surface area (Å²) in [5, 5.41) is 20.6. The Morgan fingerprint density at radius 2 is 2.29 bits per heavy atom. The molecular weight excluding hydrogens is 222 g/mol. The van der Waals surface area contributed by atoms with Crippen molar-refractivity contribution >= 4 is 17.4 Å². The second-order valence-corrected chi connectivity index (χ2v) is 3.82. The van der Waals surface area contributed by atoms with Crippen LogP contribution in [0.1, 0.15) is 13.8 Å². The van der Waals surface area contributed by atoms with Gasteiger partial charge in [-0.05, 0) is 36.4 Å². The molecule has 0 aliphatic carbocycles. The highest BCUT2D eigenvalue weighted by molar-refractivity contribution is 5.80. The number of hydrogen-bond acceptors (Lipinski definition) is 6. The number of tetrazole rings is 1. The first-order chi connectivity index (χ1) is 8.15. The molecule has 0 saturated carbocycles. The van der Waals surface area contributed by atoms with E-state index in [0.717, 1.165) is 0 Å². The van der Waals surface area contributed by atoms with Crippen LogP contribution in [0.25, 0.3) is 5.65 Å². The Bertz CT molecular complexity index is 521. The van der Waals surface area contributed by atoms with Crippen LogP contribution in [0, 0.1) is 0 Å². The Hall–Kier alpha value is -2.25. The normalized spacial score (nSPS) is 10.8. The number of aromatic nitrogens is 5. The van der Waals surface area contributed by atoms with Gasteiger partial charge in [0.2, 0.25) is 5.91 Å². The van der Waals surface area contributed by atoms with Crippen LogP contribution in [-0.2, 0) is 4.79 Å². The zero-order valence-electron chi connectivity index (χ0n) is 9.58. The SMILES string of the molecule is CC(C)NC(=O)CNc1ccc2nnnn2n1. The van der Waals surface area contributed by atoms with Crippen LogP contribution in [0.2, 0.25) is 0 Å². The molecule has 2 aromatic rings. The minimum atomic E-state index is -0.0846. The third-order valence-electron chi connectivity index (χ3n) is 1.95. The predicted octanol–water partition coefficient (Wildman–Crippen LogP) is -0.544. The molecule has 0 spiro atoms. The van der Waals surface area contributed by atoms with Gasteiger partial charge in [0, 0.05) is 6.04 Å². The minimum absolute atomic E-state index is 0.0846. The molecule has 8 heteroatoms. The summed E-state index contributed by atoms with van der Waals surface area (Å²) >= 11 is 0. The Kier molecular flexibility index (Phi) is 3.12. The summed E-state index contributed by atoms with van der Waals surface area (Å²) in [6, 6.07) is 3.56. The monoisotopic (exact) mass is 235 g/mol. The maximum absolute atomic E-state index is 11.4. The van der Waals surface area contributed by atoms with E-state index in [1.165, 1.54) is 4.63 Å². The second-order valence-electron chi connectivity index (χ2n) is 3.82. The molecule has 0 radical (unpaired) electrons. The first kappa shape index (κ1) is 11.2. The number of carbonyl (C=O) groups is 1. The molecule has 2 heterocycles. The Balaban J connectivity index is 1.96. The summed E-state index contributed by atoms with van der Waals surface area (Å²) in [5.74, 6) is 0.460. The van der Waals surface area contributed by atoms with Gasteiger partial charge in [-0.1, -0.05) is 0 Å². The van der Waals surface area contributed by atoms with Crippen LogP contribution in [0.5, 0.6) is 0 Å². The van der Waals surface area contributed by atoms with Gasteiger partial charge in [-0.15, -0.1) is 14.8 Å². The lowest BCUT2D eigenvalue weighted by atomic mass is 10.4. The summed E-state index contributed by atoms with van der Waals surface area (Å²) in [7, 11) is 0. The molecule has 0 unspecified atom stereocenters. The summed E-state index contributed by atoms with van der Waals surface area (Å²) < 4.78 is 1.29. The van der Waals surface area contributed by atoms with Crippen LogP contribution in [0.4, 0.5) is 5.82 Å². The number of hydrogen-bond donors (Lipinski definition) is 2. The van der Waals surface area contributed by atoms with Crippen molar-refractivity contribution in [3.8, 4) is 0 Å². The first-order valence-electron chi connectivity index (χ1n) is 5.24. The van der Waals surface area contributed by atoms with Crippen molar-refractivity contribution in [2.24, 2.45) is 0 Å². The number of anilines is 1. The van der Waals surface area contributed by atoms with E-state index in [4.69, 9.17) is 0 Å². The fourth-order valence-corrected chi connectivity index (χ4v) is 1.29. The molecule has 0 atom stereocenters. The number of amides is 1. The van der Waals surface area contributed by atoms with E-state index in [0.29, 0.717) is 11.5 Å². The van der Waals surface area contributed by atoms with E-state index >= 15 is 0 Å². The van der Waals surface area contributed by atoms with Crippen molar-refractivity contribution in [1.82, 2.24) is 30.6 Å². The van der Waals surface area contributed by atoms with Gasteiger partial charge < -0.3 is 10.6 Å². The fraction of sp³-hybridized carbons (Fsp3) is 0.444. The highest BCUT2D eigenvalue weighted by Crippen LogP contribution is 2.02. The average Bonchev–Trinajstić information content (AvgIpc) is 2.72. The van der Waals surface area contributed by atoms with E-state index in [1.54, 1.807) is 12.1 Å². The van der Waals surface area contributed by atoms with Crippen molar-refractivity contribution in [2.45, 2.75) is 19.9 Å². The zero-order valence-corrected chi connectivity index (χ0v) is 9.58.